The van der Waals surface area contributed by atoms with Crippen LogP contribution in [0.5, 0.6) is 0 Å². The highest BCUT2D eigenvalue weighted by molar-refractivity contribution is 5.82. The molecule has 2 nitrogen and oxygen atoms in total. The zero-order valence-corrected chi connectivity index (χ0v) is 12.8. The average molecular weight is 274 g/mol. The molecule has 1 aliphatic rings. The van der Waals surface area contributed by atoms with Crippen LogP contribution in [0.1, 0.15) is 57.9 Å². The standard InChI is InChI=1S/C18H26O2/c1-13(2)18(3,20)12-16-11-15(9-10-17(16)19)14-7-5-4-6-8-14/h4-8,13,15-16,20H,9-12H2,1-3H3. The highest BCUT2D eigenvalue weighted by Crippen LogP contribution is 2.38. The maximum atomic E-state index is 12.2. The van der Waals surface area contributed by atoms with E-state index in [4.69, 9.17) is 0 Å². The molecule has 1 N–H and O–H groups in total. The summed E-state index contributed by atoms with van der Waals surface area (Å²) in [6, 6.07) is 10.4. The second-order valence-corrected chi connectivity index (χ2v) is 6.76. The van der Waals surface area contributed by atoms with Crippen LogP contribution in [0.25, 0.3) is 0 Å². The molecular formula is C18H26O2. The Kier molecular flexibility index (Phi) is 4.64. The first-order chi connectivity index (χ1) is 9.40. The van der Waals surface area contributed by atoms with Gasteiger partial charge in [-0.25, -0.2) is 0 Å². The zero-order chi connectivity index (χ0) is 14.8. The summed E-state index contributed by atoms with van der Waals surface area (Å²) >= 11 is 0. The lowest BCUT2D eigenvalue weighted by molar-refractivity contribution is -0.128. The predicted molar refractivity (Wildman–Crippen MR) is 81.6 cm³/mol. The molecule has 0 radical (unpaired) electrons. The molecular weight excluding hydrogens is 248 g/mol. The maximum absolute atomic E-state index is 12.2. The molecule has 0 aromatic heterocycles. The number of rotatable bonds is 4. The van der Waals surface area contributed by atoms with E-state index in [9.17, 15) is 9.90 Å². The van der Waals surface area contributed by atoms with Gasteiger partial charge in [-0.3, -0.25) is 4.79 Å². The molecule has 1 fully saturated rings. The van der Waals surface area contributed by atoms with Crippen LogP contribution in [-0.4, -0.2) is 16.5 Å². The van der Waals surface area contributed by atoms with Crippen molar-refractivity contribution in [2.75, 3.05) is 0 Å². The SMILES string of the molecule is CC(C)C(C)(O)CC1CC(c2ccccc2)CCC1=O. The van der Waals surface area contributed by atoms with Gasteiger partial charge in [0.25, 0.3) is 0 Å². The summed E-state index contributed by atoms with van der Waals surface area (Å²) in [6.07, 6.45) is 3.07. The van der Waals surface area contributed by atoms with E-state index in [-0.39, 0.29) is 11.8 Å². The first-order valence-corrected chi connectivity index (χ1v) is 7.70. The number of carbonyl (C=O) groups is 1. The van der Waals surface area contributed by atoms with Gasteiger partial charge in [-0.2, -0.15) is 0 Å². The van der Waals surface area contributed by atoms with E-state index >= 15 is 0 Å². The average Bonchev–Trinajstić information content (AvgIpc) is 2.42. The second kappa shape index (κ2) is 6.09. The van der Waals surface area contributed by atoms with Crippen LogP contribution in [0.4, 0.5) is 0 Å². The molecule has 1 saturated carbocycles. The van der Waals surface area contributed by atoms with Crippen LogP contribution in [0.15, 0.2) is 30.3 Å². The van der Waals surface area contributed by atoms with Crippen molar-refractivity contribution in [2.45, 2.75) is 58.0 Å². The summed E-state index contributed by atoms with van der Waals surface area (Å²) in [5.74, 6) is 0.971. The summed E-state index contributed by atoms with van der Waals surface area (Å²) in [7, 11) is 0. The van der Waals surface area contributed by atoms with E-state index in [0.29, 0.717) is 24.5 Å². The van der Waals surface area contributed by atoms with Crippen molar-refractivity contribution in [3.05, 3.63) is 35.9 Å². The Balaban J connectivity index is 2.08. The van der Waals surface area contributed by atoms with E-state index in [0.717, 1.165) is 12.8 Å². The number of aliphatic hydroxyl groups is 1. The third-order valence-electron chi connectivity index (χ3n) is 4.94. The minimum atomic E-state index is -0.751. The van der Waals surface area contributed by atoms with Crippen LogP contribution in [-0.2, 0) is 4.79 Å². The fourth-order valence-electron chi connectivity index (χ4n) is 3.07. The topological polar surface area (TPSA) is 37.3 Å². The molecule has 0 amide bonds. The molecule has 3 atom stereocenters. The Morgan fingerprint density at radius 3 is 2.55 bits per heavy atom. The fourth-order valence-corrected chi connectivity index (χ4v) is 3.07. The van der Waals surface area contributed by atoms with E-state index in [1.54, 1.807) is 0 Å². The number of carbonyl (C=O) groups excluding carboxylic acids is 1. The Bertz CT molecular complexity index is 448. The highest BCUT2D eigenvalue weighted by atomic mass is 16.3. The monoisotopic (exact) mass is 274 g/mol. The van der Waals surface area contributed by atoms with Gasteiger partial charge in [-0.15, -0.1) is 0 Å². The molecule has 20 heavy (non-hydrogen) atoms. The highest BCUT2D eigenvalue weighted by Gasteiger charge is 2.36. The van der Waals surface area contributed by atoms with Gasteiger partial charge in [-0.05, 0) is 43.6 Å². The van der Waals surface area contributed by atoms with Crippen molar-refractivity contribution in [1.29, 1.82) is 0 Å². The van der Waals surface area contributed by atoms with Crippen LogP contribution in [0.2, 0.25) is 0 Å². The van der Waals surface area contributed by atoms with Crippen molar-refractivity contribution in [3.63, 3.8) is 0 Å². The van der Waals surface area contributed by atoms with Gasteiger partial charge in [0.2, 0.25) is 0 Å². The van der Waals surface area contributed by atoms with Crippen LogP contribution < -0.4 is 0 Å². The van der Waals surface area contributed by atoms with Gasteiger partial charge in [-0.1, -0.05) is 44.2 Å². The van der Waals surface area contributed by atoms with Gasteiger partial charge in [0, 0.05) is 12.3 Å². The molecule has 0 spiro atoms. The summed E-state index contributed by atoms with van der Waals surface area (Å²) in [4.78, 5) is 12.2. The zero-order valence-electron chi connectivity index (χ0n) is 12.8. The van der Waals surface area contributed by atoms with Gasteiger partial charge in [0.15, 0.2) is 0 Å². The smallest absolute Gasteiger partial charge is 0.136 e. The summed E-state index contributed by atoms with van der Waals surface area (Å²) < 4.78 is 0. The molecule has 3 unspecified atom stereocenters. The molecule has 2 heteroatoms. The molecule has 0 aliphatic heterocycles. The minimum Gasteiger partial charge on any atom is -0.390 e. The Morgan fingerprint density at radius 1 is 1.30 bits per heavy atom. The third-order valence-corrected chi connectivity index (χ3v) is 4.94. The van der Waals surface area contributed by atoms with Gasteiger partial charge in [0.1, 0.15) is 5.78 Å². The maximum Gasteiger partial charge on any atom is 0.136 e. The molecule has 0 saturated heterocycles. The van der Waals surface area contributed by atoms with Crippen molar-refractivity contribution in [2.24, 2.45) is 11.8 Å². The fraction of sp³-hybridized carbons (Fsp3) is 0.611. The minimum absolute atomic E-state index is 0.00589. The quantitative estimate of drug-likeness (QED) is 0.903. The Hall–Kier alpha value is -1.15. The van der Waals surface area contributed by atoms with E-state index in [1.807, 2.05) is 26.8 Å². The Morgan fingerprint density at radius 2 is 1.95 bits per heavy atom. The molecule has 0 heterocycles. The van der Waals surface area contributed by atoms with Gasteiger partial charge < -0.3 is 5.11 Å². The van der Waals surface area contributed by atoms with Crippen LogP contribution in [0, 0.1) is 11.8 Å². The molecule has 1 aliphatic carbocycles. The first kappa shape index (κ1) is 15.2. The van der Waals surface area contributed by atoms with Crippen molar-refractivity contribution in [1.82, 2.24) is 0 Å². The second-order valence-electron chi connectivity index (χ2n) is 6.76. The lowest BCUT2D eigenvalue weighted by Crippen LogP contribution is -2.37. The third kappa shape index (κ3) is 3.49. The number of hydrogen-bond donors (Lipinski definition) is 1. The number of Topliss-reactive ketones (excluding diaryl/α,β-unsaturated/α-hetero) is 1. The van der Waals surface area contributed by atoms with Crippen LogP contribution in [0.3, 0.4) is 0 Å². The van der Waals surface area contributed by atoms with Gasteiger partial charge >= 0.3 is 0 Å². The van der Waals surface area contributed by atoms with Crippen molar-refractivity contribution in [3.8, 4) is 0 Å². The summed E-state index contributed by atoms with van der Waals surface area (Å²) in [5, 5.41) is 10.5. The van der Waals surface area contributed by atoms with Crippen molar-refractivity contribution < 1.29 is 9.90 Å². The number of benzene rings is 1. The van der Waals surface area contributed by atoms with E-state index in [1.165, 1.54) is 5.56 Å². The lowest BCUT2D eigenvalue weighted by Gasteiger charge is -2.35. The van der Waals surface area contributed by atoms with Crippen molar-refractivity contribution >= 4 is 5.78 Å². The molecule has 0 bridgehead atoms. The molecule has 1 aromatic rings. The molecule has 110 valence electrons. The molecule has 1 aromatic carbocycles. The first-order valence-electron chi connectivity index (χ1n) is 7.70. The number of hydrogen-bond acceptors (Lipinski definition) is 2. The largest absolute Gasteiger partial charge is 0.390 e. The summed E-state index contributed by atoms with van der Waals surface area (Å²) in [5.41, 5.74) is 0.577. The van der Waals surface area contributed by atoms with E-state index in [2.05, 4.69) is 24.3 Å². The van der Waals surface area contributed by atoms with Gasteiger partial charge in [0.05, 0.1) is 5.60 Å². The van der Waals surface area contributed by atoms with E-state index < -0.39 is 5.60 Å². The number of ketones is 1. The predicted octanol–water partition coefficient (Wildman–Crippen LogP) is 3.94. The Labute approximate surface area is 122 Å². The lowest BCUT2D eigenvalue weighted by atomic mass is 9.72. The summed E-state index contributed by atoms with van der Waals surface area (Å²) in [6.45, 7) is 5.89. The van der Waals surface area contributed by atoms with Crippen LogP contribution >= 0.6 is 0 Å². The normalized spacial score (nSPS) is 26.6. The molecule has 2 rings (SSSR count).